The fourth-order valence-corrected chi connectivity index (χ4v) is 3.52. The highest BCUT2D eigenvalue weighted by atomic mass is 35.5. The van der Waals surface area contributed by atoms with E-state index in [-0.39, 0.29) is 17.5 Å². The van der Waals surface area contributed by atoms with Crippen molar-refractivity contribution in [2.24, 2.45) is 0 Å². The lowest BCUT2D eigenvalue weighted by atomic mass is 10.0. The Balaban J connectivity index is 2.09. The quantitative estimate of drug-likeness (QED) is 0.579. The maximum atomic E-state index is 13.2. The molecule has 0 saturated carbocycles. The molecule has 0 radical (unpaired) electrons. The molecule has 1 aliphatic rings. The van der Waals surface area contributed by atoms with Gasteiger partial charge in [0.25, 0.3) is 11.8 Å². The maximum absolute atomic E-state index is 13.2. The van der Waals surface area contributed by atoms with Crippen molar-refractivity contribution in [3.05, 3.63) is 52.7 Å². The molecule has 31 heavy (non-hydrogen) atoms. The first-order valence-corrected chi connectivity index (χ1v) is 10.3. The number of unbranched alkanes of at least 4 members (excludes halogenated alkanes) is 1. The highest BCUT2D eigenvalue weighted by Crippen LogP contribution is 2.41. The van der Waals surface area contributed by atoms with E-state index in [1.165, 1.54) is 26.2 Å². The van der Waals surface area contributed by atoms with Gasteiger partial charge in [-0.2, -0.15) is 0 Å². The largest absolute Gasteiger partial charge is 0.493 e. The minimum absolute atomic E-state index is 0.192. The zero-order chi connectivity index (χ0) is 22.5. The zero-order valence-corrected chi connectivity index (χ0v) is 18.7. The first-order chi connectivity index (χ1) is 14.9. The van der Waals surface area contributed by atoms with Gasteiger partial charge in [0.2, 0.25) is 5.75 Å². The Bertz CT molecular complexity index is 992. The second-order valence-corrected chi connectivity index (χ2v) is 7.35. The number of rotatable bonds is 9. The second-order valence-electron chi connectivity index (χ2n) is 6.91. The predicted octanol–water partition coefficient (Wildman–Crippen LogP) is 4.36. The summed E-state index contributed by atoms with van der Waals surface area (Å²) in [4.78, 5) is 27.6. The van der Waals surface area contributed by atoms with E-state index in [1.54, 1.807) is 36.4 Å². The number of carbonyl (C=O) groups is 2. The third-order valence-corrected chi connectivity index (χ3v) is 5.22. The Morgan fingerprint density at radius 2 is 1.55 bits per heavy atom. The molecular formula is C23H25ClN2O5. The van der Waals surface area contributed by atoms with Crippen LogP contribution in [0, 0.1) is 0 Å². The van der Waals surface area contributed by atoms with Crippen molar-refractivity contribution in [1.82, 2.24) is 4.90 Å². The van der Waals surface area contributed by atoms with Crippen LogP contribution >= 0.6 is 11.6 Å². The average molecular weight is 445 g/mol. The first kappa shape index (κ1) is 22.5. The van der Waals surface area contributed by atoms with Crippen molar-refractivity contribution < 1.29 is 23.8 Å². The molecule has 1 aliphatic heterocycles. The molecule has 1 heterocycles. The van der Waals surface area contributed by atoms with Gasteiger partial charge < -0.3 is 19.5 Å². The molecule has 0 unspecified atom stereocenters. The van der Waals surface area contributed by atoms with Crippen molar-refractivity contribution in [2.45, 2.75) is 19.8 Å². The molecule has 2 aromatic carbocycles. The van der Waals surface area contributed by atoms with E-state index in [0.29, 0.717) is 45.6 Å². The Kier molecular flexibility index (Phi) is 7.07. The summed E-state index contributed by atoms with van der Waals surface area (Å²) in [5.74, 6) is 0.573. The normalized spacial score (nSPS) is 13.6. The smallest absolute Gasteiger partial charge is 0.278 e. The number of nitrogens with zero attached hydrogens (tertiary/aromatic N) is 1. The SMILES string of the molecule is CCCCN1C(=O)C(Nc2cc(OC)c(OC)c(OC)c2)=C(c2ccc(Cl)cc2)C1=O. The van der Waals surface area contributed by atoms with Crippen molar-refractivity contribution >= 4 is 34.7 Å². The van der Waals surface area contributed by atoms with Crippen LogP contribution in [0.2, 0.25) is 5.02 Å². The molecule has 8 heteroatoms. The molecule has 3 rings (SSSR count). The van der Waals surface area contributed by atoms with E-state index in [9.17, 15) is 9.59 Å². The second kappa shape index (κ2) is 9.75. The summed E-state index contributed by atoms with van der Waals surface area (Å²) in [5, 5.41) is 3.65. The molecule has 0 fully saturated rings. The van der Waals surface area contributed by atoms with Gasteiger partial charge in [-0.25, -0.2) is 0 Å². The van der Waals surface area contributed by atoms with Crippen molar-refractivity contribution in [2.75, 3.05) is 33.2 Å². The van der Waals surface area contributed by atoms with Gasteiger partial charge in [0, 0.05) is 29.4 Å². The van der Waals surface area contributed by atoms with E-state index in [2.05, 4.69) is 5.32 Å². The maximum Gasteiger partial charge on any atom is 0.278 e. The molecule has 164 valence electrons. The monoisotopic (exact) mass is 444 g/mol. The number of carbonyl (C=O) groups excluding carboxylic acids is 2. The molecule has 7 nitrogen and oxygen atoms in total. The fraction of sp³-hybridized carbons (Fsp3) is 0.304. The van der Waals surface area contributed by atoms with Crippen LogP contribution in [0.4, 0.5) is 5.69 Å². The van der Waals surface area contributed by atoms with Crippen LogP contribution in [-0.4, -0.2) is 44.6 Å². The number of benzene rings is 2. The molecule has 2 aromatic rings. The zero-order valence-electron chi connectivity index (χ0n) is 18.0. The van der Waals surface area contributed by atoms with Crippen LogP contribution in [0.25, 0.3) is 5.57 Å². The number of halogens is 1. The van der Waals surface area contributed by atoms with Gasteiger partial charge in [0.1, 0.15) is 5.70 Å². The summed E-state index contributed by atoms with van der Waals surface area (Å²) in [6.07, 6.45) is 1.59. The summed E-state index contributed by atoms with van der Waals surface area (Å²) >= 11 is 6.01. The third kappa shape index (κ3) is 4.46. The lowest BCUT2D eigenvalue weighted by molar-refractivity contribution is -0.136. The molecule has 0 aromatic heterocycles. The van der Waals surface area contributed by atoms with E-state index < -0.39 is 0 Å². The van der Waals surface area contributed by atoms with E-state index in [1.807, 2.05) is 6.92 Å². The van der Waals surface area contributed by atoms with Gasteiger partial charge in [-0.3, -0.25) is 14.5 Å². The highest BCUT2D eigenvalue weighted by molar-refractivity contribution is 6.36. The van der Waals surface area contributed by atoms with Crippen LogP contribution in [0.15, 0.2) is 42.1 Å². The van der Waals surface area contributed by atoms with Crippen molar-refractivity contribution in [3.63, 3.8) is 0 Å². The molecule has 0 aliphatic carbocycles. The number of ether oxygens (including phenoxy) is 3. The van der Waals surface area contributed by atoms with Crippen LogP contribution < -0.4 is 19.5 Å². The van der Waals surface area contributed by atoms with E-state index in [0.717, 1.165) is 12.8 Å². The van der Waals surface area contributed by atoms with Gasteiger partial charge in [-0.1, -0.05) is 37.1 Å². The summed E-state index contributed by atoms with van der Waals surface area (Å²) in [6.45, 7) is 2.36. The number of anilines is 1. The number of amides is 2. The van der Waals surface area contributed by atoms with Gasteiger partial charge in [-0.05, 0) is 24.1 Å². The van der Waals surface area contributed by atoms with Gasteiger partial charge in [0.15, 0.2) is 11.5 Å². The number of imide groups is 1. The third-order valence-electron chi connectivity index (χ3n) is 4.97. The number of hydrogen-bond acceptors (Lipinski definition) is 6. The molecule has 0 spiro atoms. The summed E-state index contributed by atoms with van der Waals surface area (Å²) < 4.78 is 16.1. The Labute approximate surface area is 186 Å². The van der Waals surface area contributed by atoms with Crippen LogP contribution in [0.1, 0.15) is 25.3 Å². The number of hydrogen-bond donors (Lipinski definition) is 1. The van der Waals surface area contributed by atoms with Gasteiger partial charge >= 0.3 is 0 Å². The van der Waals surface area contributed by atoms with Crippen LogP contribution in [0.3, 0.4) is 0 Å². The molecule has 0 bridgehead atoms. The fourth-order valence-electron chi connectivity index (χ4n) is 3.39. The molecular weight excluding hydrogens is 420 g/mol. The Morgan fingerprint density at radius 1 is 0.935 bits per heavy atom. The van der Waals surface area contributed by atoms with Crippen molar-refractivity contribution in [3.8, 4) is 17.2 Å². The van der Waals surface area contributed by atoms with Gasteiger partial charge in [-0.15, -0.1) is 0 Å². The molecule has 1 N–H and O–H groups in total. The molecule has 0 saturated heterocycles. The summed E-state index contributed by atoms with van der Waals surface area (Å²) in [7, 11) is 4.53. The standard InChI is InChI=1S/C23H25ClN2O5/c1-5-6-11-26-22(27)19(14-7-9-15(24)10-8-14)20(23(26)28)25-16-12-17(29-2)21(31-4)18(13-16)30-3/h7-10,12-13,25H,5-6,11H2,1-4H3. The minimum atomic E-state index is -0.378. The lowest BCUT2D eigenvalue weighted by Gasteiger charge is -2.16. The van der Waals surface area contributed by atoms with E-state index in [4.69, 9.17) is 25.8 Å². The first-order valence-electron chi connectivity index (χ1n) is 9.88. The highest BCUT2D eigenvalue weighted by Gasteiger charge is 2.39. The lowest BCUT2D eigenvalue weighted by Crippen LogP contribution is -2.33. The van der Waals surface area contributed by atoms with Gasteiger partial charge in [0.05, 0.1) is 26.9 Å². The molecule has 0 atom stereocenters. The summed E-state index contributed by atoms with van der Waals surface area (Å²) in [6, 6.07) is 10.2. The van der Waals surface area contributed by atoms with Crippen LogP contribution in [0.5, 0.6) is 17.2 Å². The van der Waals surface area contributed by atoms with E-state index >= 15 is 0 Å². The Hall–Kier alpha value is -3.19. The molecule has 2 amide bonds. The predicted molar refractivity (Wildman–Crippen MR) is 120 cm³/mol. The minimum Gasteiger partial charge on any atom is -0.493 e. The average Bonchev–Trinajstić information content (AvgIpc) is 3.01. The number of nitrogens with one attached hydrogen (secondary N) is 1. The number of methoxy groups -OCH3 is 3. The van der Waals surface area contributed by atoms with Crippen molar-refractivity contribution in [1.29, 1.82) is 0 Å². The topological polar surface area (TPSA) is 77.1 Å². The summed E-state index contributed by atoms with van der Waals surface area (Å²) in [5.41, 5.74) is 1.62. The Morgan fingerprint density at radius 3 is 2.06 bits per heavy atom. The van der Waals surface area contributed by atoms with Crippen LogP contribution in [-0.2, 0) is 9.59 Å².